The highest BCUT2D eigenvalue weighted by Crippen LogP contribution is 2.32. The number of alkyl halides is 3. The minimum Gasteiger partial charge on any atom is -0.478 e. The molecule has 0 unspecified atom stereocenters. The number of carboxylic acid groups (broad SMARTS) is 1. The van der Waals surface area contributed by atoms with E-state index in [1.54, 1.807) is 73.1 Å². The molecule has 10 heteroatoms. The third-order valence-corrected chi connectivity index (χ3v) is 4.66. The van der Waals surface area contributed by atoms with Crippen LogP contribution in [0.5, 0.6) is 0 Å². The fraction of sp³-hybridized carbons (Fsp3) is 0.111. The van der Waals surface area contributed by atoms with E-state index in [1.165, 1.54) is 6.07 Å². The second kappa shape index (κ2) is 6.28. The molecule has 0 atom stereocenters. The van der Waals surface area contributed by atoms with Crippen molar-refractivity contribution in [2.24, 2.45) is 0 Å². The number of hydrogen-bond acceptors (Lipinski definition) is 2. The van der Waals surface area contributed by atoms with Crippen molar-refractivity contribution in [1.29, 1.82) is 0 Å². The van der Waals surface area contributed by atoms with Gasteiger partial charge in [-0.05, 0) is 73.8 Å². The molecule has 1 aromatic carbocycles. The van der Waals surface area contributed by atoms with Crippen LogP contribution in [0.2, 0.25) is 0 Å². The zero-order valence-electron chi connectivity index (χ0n) is 8.61. The molecule has 104 valence electrons. The first-order valence-electron chi connectivity index (χ1n) is 4.34. The molecule has 0 spiro atoms. The van der Waals surface area contributed by atoms with Crippen LogP contribution in [0.25, 0.3) is 0 Å². The van der Waals surface area contributed by atoms with Gasteiger partial charge in [-0.15, -0.1) is 0 Å². The van der Waals surface area contributed by atoms with Crippen LogP contribution in [0.1, 0.15) is 10.4 Å². The van der Waals surface area contributed by atoms with Gasteiger partial charge in [0.1, 0.15) is 0 Å². The van der Waals surface area contributed by atoms with Crippen molar-refractivity contribution in [3.63, 3.8) is 0 Å². The summed E-state index contributed by atoms with van der Waals surface area (Å²) in [4.78, 5) is 22.0. The van der Waals surface area contributed by atoms with E-state index in [9.17, 15) is 22.8 Å². The normalized spacial score (nSPS) is 11.3. The van der Waals surface area contributed by atoms with Crippen LogP contribution in [0.15, 0.2) is 6.07 Å². The highest BCUT2D eigenvalue weighted by Gasteiger charge is 2.39. The summed E-state index contributed by atoms with van der Waals surface area (Å²) in [6.45, 7) is 0. The number of aromatic carboxylic acids is 1. The Morgan fingerprint density at radius 2 is 1.68 bits per heavy atom. The molecule has 0 saturated carbocycles. The van der Waals surface area contributed by atoms with Gasteiger partial charge >= 0.3 is 18.1 Å². The van der Waals surface area contributed by atoms with Crippen LogP contribution in [0.4, 0.5) is 18.9 Å². The number of anilines is 1. The maximum absolute atomic E-state index is 12.2. The number of benzene rings is 1. The minimum absolute atomic E-state index is 0.0546. The van der Waals surface area contributed by atoms with Crippen molar-refractivity contribution >= 4 is 85.3 Å². The predicted molar refractivity (Wildman–Crippen MR) is 86.2 cm³/mol. The van der Waals surface area contributed by atoms with Crippen LogP contribution in [-0.4, -0.2) is 23.2 Å². The SMILES string of the molecule is O=C(O)c1c(I)cc(I)c(NC(=O)C(F)(F)F)c1I. The van der Waals surface area contributed by atoms with E-state index in [4.69, 9.17) is 5.11 Å². The molecule has 19 heavy (non-hydrogen) atoms. The molecule has 0 radical (unpaired) electrons. The first-order valence-corrected chi connectivity index (χ1v) is 7.58. The summed E-state index contributed by atoms with van der Waals surface area (Å²) >= 11 is 5.09. The molecule has 0 fully saturated rings. The quantitative estimate of drug-likeness (QED) is 0.502. The minimum atomic E-state index is -5.03. The van der Waals surface area contributed by atoms with Crippen molar-refractivity contribution in [3.8, 4) is 0 Å². The summed E-state index contributed by atoms with van der Waals surface area (Å²) in [5, 5.41) is 10.7. The Kier molecular flexibility index (Phi) is 5.68. The van der Waals surface area contributed by atoms with E-state index < -0.39 is 18.1 Å². The first-order chi connectivity index (χ1) is 8.55. The summed E-state index contributed by atoms with van der Waals surface area (Å²) in [7, 11) is 0. The van der Waals surface area contributed by atoms with Crippen LogP contribution in [-0.2, 0) is 4.79 Å². The smallest absolute Gasteiger partial charge is 0.471 e. The lowest BCUT2D eigenvalue weighted by Gasteiger charge is -2.14. The van der Waals surface area contributed by atoms with Crippen molar-refractivity contribution < 1.29 is 27.9 Å². The van der Waals surface area contributed by atoms with Crippen LogP contribution in [0.3, 0.4) is 0 Å². The molecule has 0 saturated heterocycles. The zero-order chi connectivity index (χ0) is 15.0. The largest absolute Gasteiger partial charge is 0.478 e. The highest BCUT2D eigenvalue weighted by molar-refractivity contribution is 14.1. The van der Waals surface area contributed by atoms with E-state index >= 15 is 0 Å². The third-order valence-electron chi connectivity index (χ3n) is 1.88. The maximum atomic E-state index is 12.2. The van der Waals surface area contributed by atoms with E-state index in [2.05, 4.69) is 0 Å². The lowest BCUT2D eigenvalue weighted by molar-refractivity contribution is -0.167. The van der Waals surface area contributed by atoms with Gasteiger partial charge in [0.15, 0.2) is 0 Å². The number of nitrogens with one attached hydrogen (secondary N) is 1. The Balaban J connectivity index is 3.33. The van der Waals surface area contributed by atoms with Gasteiger partial charge in [0, 0.05) is 7.14 Å². The van der Waals surface area contributed by atoms with Gasteiger partial charge in [-0.25, -0.2) is 4.79 Å². The first kappa shape index (κ1) is 17.2. The summed E-state index contributed by atoms with van der Waals surface area (Å²) in [5.41, 5.74) is -0.291. The van der Waals surface area contributed by atoms with Crippen molar-refractivity contribution in [3.05, 3.63) is 22.3 Å². The van der Waals surface area contributed by atoms with Gasteiger partial charge in [-0.3, -0.25) is 4.79 Å². The van der Waals surface area contributed by atoms with Gasteiger partial charge < -0.3 is 10.4 Å². The Morgan fingerprint density at radius 1 is 1.16 bits per heavy atom. The van der Waals surface area contributed by atoms with Gasteiger partial charge in [-0.2, -0.15) is 13.2 Å². The number of amides is 1. The molecule has 0 aliphatic rings. The van der Waals surface area contributed by atoms with E-state index in [1.807, 2.05) is 0 Å². The number of carbonyl (C=O) groups is 2. The molecular formula is C9H3F3I3NO3. The Bertz CT molecular complexity index is 560. The molecule has 0 aromatic heterocycles. The standard InChI is InChI=1S/C9H3F3I3NO3/c10-9(11,12)8(19)16-6-3(14)1-2(13)4(5(6)15)7(17)18/h1H,(H,16,19)(H,17,18). The lowest BCUT2D eigenvalue weighted by Crippen LogP contribution is -2.31. The van der Waals surface area contributed by atoms with E-state index in [-0.39, 0.29) is 14.8 Å². The Hall–Kier alpha value is 0.140. The summed E-state index contributed by atoms with van der Waals surface area (Å²) in [6, 6.07) is 1.39. The number of hydrogen-bond donors (Lipinski definition) is 2. The number of carboxylic acids is 1. The lowest BCUT2D eigenvalue weighted by atomic mass is 10.2. The summed E-state index contributed by atoms with van der Waals surface area (Å²) in [6.07, 6.45) is -5.03. The number of carbonyl (C=O) groups excluding carboxylic acids is 1. The molecule has 0 aliphatic carbocycles. The molecule has 1 amide bonds. The third kappa shape index (κ3) is 4.05. The van der Waals surface area contributed by atoms with E-state index in [0.29, 0.717) is 7.14 Å². The van der Waals surface area contributed by atoms with Crippen LogP contribution >= 0.6 is 67.8 Å². The van der Waals surface area contributed by atoms with Gasteiger partial charge in [0.05, 0.1) is 14.8 Å². The Labute approximate surface area is 145 Å². The molecule has 0 heterocycles. The molecule has 2 N–H and O–H groups in total. The van der Waals surface area contributed by atoms with Crippen LogP contribution < -0.4 is 5.32 Å². The second-order valence-electron chi connectivity index (χ2n) is 3.16. The summed E-state index contributed by atoms with van der Waals surface area (Å²) in [5.74, 6) is -3.41. The summed E-state index contributed by atoms with van der Waals surface area (Å²) < 4.78 is 37.4. The van der Waals surface area contributed by atoms with E-state index in [0.717, 1.165) is 0 Å². The zero-order valence-corrected chi connectivity index (χ0v) is 15.1. The van der Waals surface area contributed by atoms with Crippen molar-refractivity contribution in [2.75, 3.05) is 5.32 Å². The Morgan fingerprint density at radius 3 is 2.11 bits per heavy atom. The molecule has 1 aromatic rings. The highest BCUT2D eigenvalue weighted by atomic mass is 127. The molecular weight excluding hydrogens is 608 g/mol. The van der Waals surface area contributed by atoms with Gasteiger partial charge in [-0.1, -0.05) is 0 Å². The maximum Gasteiger partial charge on any atom is 0.471 e. The van der Waals surface area contributed by atoms with Gasteiger partial charge in [0.2, 0.25) is 0 Å². The molecule has 4 nitrogen and oxygen atoms in total. The predicted octanol–water partition coefficient (Wildman–Crippen LogP) is 3.70. The van der Waals surface area contributed by atoms with Crippen molar-refractivity contribution in [1.82, 2.24) is 0 Å². The molecule has 0 bridgehead atoms. The average Bonchev–Trinajstić information content (AvgIpc) is 2.21. The topological polar surface area (TPSA) is 66.4 Å². The number of halogens is 6. The monoisotopic (exact) mass is 611 g/mol. The van der Waals surface area contributed by atoms with Gasteiger partial charge in [0.25, 0.3) is 0 Å². The average molecular weight is 611 g/mol. The second-order valence-corrected chi connectivity index (χ2v) is 6.56. The van der Waals surface area contributed by atoms with Crippen molar-refractivity contribution in [2.45, 2.75) is 6.18 Å². The fourth-order valence-corrected chi connectivity index (χ4v) is 5.19. The molecule has 0 aliphatic heterocycles. The van der Waals surface area contributed by atoms with Crippen LogP contribution in [0, 0.1) is 10.7 Å². The molecule has 1 rings (SSSR count). The number of rotatable bonds is 2. The fourth-order valence-electron chi connectivity index (χ4n) is 1.09.